The number of carbonyl (C=O) groups excluding carboxylic acids is 2. The Kier molecular flexibility index (Phi) is 7.54. The first-order chi connectivity index (χ1) is 8.26. The molecule has 2 N–H and O–H groups in total. The number of nitrogens with zero attached hydrogens (tertiary/aromatic N) is 1. The van der Waals surface area contributed by atoms with Gasteiger partial charge in [0.05, 0.1) is 19.7 Å². The van der Waals surface area contributed by atoms with Crippen LogP contribution in [0.2, 0.25) is 0 Å². The van der Waals surface area contributed by atoms with Gasteiger partial charge >= 0.3 is 0 Å². The van der Waals surface area contributed by atoms with Gasteiger partial charge in [0, 0.05) is 26.2 Å². The summed E-state index contributed by atoms with van der Waals surface area (Å²) in [4.78, 5) is 24.7. The Morgan fingerprint density at radius 2 is 1.89 bits per heavy atom. The van der Waals surface area contributed by atoms with Crippen LogP contribution in [0.25, 0.3) is 0 Å². The van der Waals surface area contributed by atoms with Crippen molar-refractivity contribution in [3.05, 3.63) is 0 Å². The molecular weight excluding hydrogens is 234 g/mol. The maximum absolute atomic E-state index is 11.6. The average Bonchev–Trinajstić information content (AvgIpc) is 2.21. The molecule has 0 saturated carbocycles. The van der Waals surface area contributed by atoms with Gasteiger partial charge < -0.3 is 20.3 Å². The second kappa shape index (κ2) is 8.05. The van der Waals surface area contributed by atoms with Crippen LogP contribution in [0.15, 0.2) is 0 Å². The van der Waals surface area contributed by atoms with Crippen LogP contribution >= 0.6 is 0 Å². The first kappa shape index (κ1) is 16.9. The van der Waals surface area contributed by atoms with E-state index >= 15 is 0 Å². The van der Waals surface area contributed by atoms with Gasteiger partial charge in [-0.3, -0.25) is 9.59 Å². The molecule has 0 aliphatic rings. The summed E-state index contributed by atoms with van der Waals surface area (Å²) in [7, 11) is 3.22. The van der Waals surface area contributed by atoms with Gasteiger partial charge in [-0.25, -0.2) is 0 Å². The summed E-state index contributed by atoms with van der Waals surface area (Å²) in [5.41, 5.74) is -0.280. The van der Waals surface area contributed by atoms with Gasteiger partial charge in [0.1, 0.15) is 0 Å². The predicted octanol–water partition coefficient (Wildman–Crippen LogP) is -0.404. The molecule has 0 aromatic heterocycles. The van der Waals surface area contributed by atoms with E-state index in [2.05, 4.69) is 10.6 Å². The minimum Gasteiger partial charge on any atom is -0.383 e. The van der Waals surface area contributed by atoms with E-state index in [1.165, 1.54) is 4.90 Å². The molecule has 0 fully saturated rings. The van der Waals surface area contributed by atoms with Gasteiger partial charge in [0.2, 0.25) is 11.8 Å². The van der Waals surface area contributed by atoms with E-state index in [1.807, 2.05) is 20.8 Å². The molecule has 106 valence electrons. The van der Waals surface area contributed by atoms with Gasteiger partial charge in [-0.2, -0.15) is 0 Å². The van der Waals surface area contributed by atoms with Gasteiger partial charge in [-0.1, -0.05) is 0 Å². The normalized spacial score (nSPS) is 11.2. The summed E-state index contributed by atoms with van der Waals surface area (Å²) in [6.07, 6.45) is 0. The highest BCUT2D eigenvalue weighted by Gasteiger charge is 2.17. The molecular formula is C12H25N3O3. The second-order valence-electron chi connectivity index (χ2n) is 5.22. The zero-order chi connectivity index (χ0) is 14.2. The summed E-state index contributed by atoms with van der Waals surface area (Å²) < 4.78 is 4.85. The van der Waals surface area contributed by atoms with Crippen molar-refractivity contribution in [2.75, 3.05) is 40.4 Å². The lowest BCUT2D eigenvalue weighted by Crippen LogP contribution is -2.47. The third-order valence-electron chi connectivity index (χ3n) is 2.08. The van der Waals surface area contributed by atoms with Crippen molar-refractivity contribution in [3.63, 3.8) is 0 Å². The lowest BCUT2D eigenvalue weighted by molar-refractivity contribution is -0.134. The van der Waals surface area contributed by atoms with Crippen LogP contribution in [0, 0.1) is 0 Å². The molecule has 0 bridgehead atoms. The van der Waals surface area contributed by atoms with Gasteiger partial charge in [-0.15, -0.1) is 0 Å². The van der Waals surface area contributed by atoms with Crippen molar-refractivity contribution in [1.29, 1.82) is 0 Å². The molecule has 6 nitrogen and oxygen atoms in total. The van der Waals surface area contributed by atoms with Gasteiger partial charge in [0.15, 0.2) is 0 Å². The summed E-state index contributed by atoms with van der Waals surface area (Å²) >= 11 is 0. The van der Waals surface area contributed by atoms with Crippen LogP contribution in [0.3, 0.4) is 0 Å². The third kappa shape index (κ3) is 8.95. The van der Waals surface area contributed by atoms with Gasteiger partial charge in [0.25, 0.3) is 0 Å². The Labute approximate surface area is 109 Å². The van der Waals surface area contributed by atoms with E-state index in [9.17, 15) is 9.59 Å². The molecule has 0 spiro atoms. The number of likely N-dealkylation sites (N-methyl/N-ethyl adjacent to an activating group) is 1. The number of hydrogen-bond donors (Lipinski definition) is 2. The molecule has 18 heavy (non-hydrogen) atoms. The fourth-order valence-electron chi connectivity index (χ4n) is 1.27. The Morgan fingerprint density at radius 3 is 2.39 bits per heavy atom. The van der Waals surface area contributed by atoms with Crippen LogP contribution in [-0.4, -0.2) is 62.7 Å². The number of amides is 2. The zero-order valence-electron chi connectivity index (χ0n) is 12.0. The van der Waals surface area contributed by atoms with E-state index in [0.717, 1.165) is 0 Å². The zero-order valence-corrected chi connectivity index (χ0v) is 12.0. The van der Waals surface area contributed by atoms with Crippen molar-refractivity contribution in [2.24, 2.45) is 0 Å². The Bertz CT molecular complexity index is 274. The second-order valence-corrected chi connectivity index (χ2v) is 5.22. The van der Waals surface area contributed by atoms with Crippen LogP contribution < -0.4 is 10.6 Å². The minimum absolute atomic E-state index is 0.0715. The van der Waals surface area contributed by atoms with Crippen LogP contribution in [-0.2, 0) is 14.3 Å². The SMILES string of the molecule is COCCNCC(=O)N(C)CC(=O)NC(C)(C)C. The van der Waals surface area contributed by atoms with Gasteiger partial charge in [-0.05, 0) is 20.8 Å². The molecule has 0 radical (unpaired) electrons. The molecule has 0 aliphatic heterocycles. The first-order valence-corrected chi connectivity index (χ1v) is 6.01. The Morgan fingerprint density at radius 1 is 1.28 bits per heavy atom. The number of methoxy groups -OCH3 is 1. The highest BCUT2D eigenvalue weighted by Crippen LogP contribution is 1.98. The molecule has 0 aliphatic carbocycles. The molecule has 6 heteroatoms. The monoisotopic (exact) mass is 259 g/mol. The summed E-state index contributed by atoms with van der Waals surface area (Å²) in [6, 6.07) is 0. The molecule has 0 rings (SSSR count). The minimum atomic E-state index is -0.280. The van der Waals surface area contributed by atoms with E-state index in [-0.39, 0.29) is 30.4 Å². The molecule has 0 heterocycles. The van der Waals surface area contributed by atoms with Crippen LogP contribution in [0.4, 0.5) is 0 Å². The smallest absolute Gasteiger partial charge is 0.240 e. The number of ether oxygens (including phenoxy) is 1. The van der Waals surface area contributed by atoms with Crippen molar-refractivity contribution in [3.8, 4) is 0 Å². The maximum Gasteiger partial charge on any atom is 0.240 e. The van der Waals surface area contributed by atoms with E-state index in [4.69, 9.17) is 4.74 Å². The Hall–Kier alpha value is -1.14. The predicted molar refractivity (Wildman–Crippen MR) is 70.3 cm³/mol. The third-order valence-corrected chi connectivity index (χ3v) is 2.08. The quantitative estimate of drug-likeness (QED) is 0.610. The Balaban J connectivity index is 3.90. The lowest BCUT2D eigenvalue weighted by atomic mass is 10.1. The maximum atomic E-state index is 11.6. The molecule has 0 aromatic carbocycles. The average molecular weight is 259 g/mol. The van der Waals surface area contributed by atoms with Crippen LogP contribution in [0.5, 0.6) is 0 Å². The highest BCUT2D eigenvalue weighted by atomic mass is 16.5. The van der Waals surface area contributed by atoms with Crippen molar-refractivity contribution in [2.45, 2.75) is 26.3 Å². The molecule has 0 saturated heterocycles. The van der Waals surface area contributed by atoms with Crippen molar-refractivity contribution >= 4 is 11.8 Å². The number of hydrogen-bond acceptors (Lipinski definition) is 4. The van der Waals surface area contributed by atoms with E-state index in [1.54, 1.807) is 14.2 Å². The number of rotatable bonds is 7. The van der Waals surface area contributed by atoms with Crippen molar-refractivity contribution < 1.29 is 14.3 Å². The summed E-state index contributed by atoms with van der Waals surface area (Å²) in [5.74, 6) is -0.273. The topological polar surface area (TPSA) is 70.7 Å². The molecule has 0 unspecified atom stereocenters. The molecule has 0 atom stereocenters. The fourth-order valence-corrected chi connectivity index (χ4v) is 1.27. The summed E-state index contributed by atoms with van der Waals surface area (Å²) in [6.45, 7) is 7.16. The molecule has 0 aromatic rings. The number of nitrogens with one attached hydrogen (secondary N) is 2. The van der Waals surface area contributed by atoms with Crippen LogP contribution in [0.1, 0.15) is 20.8 Å². The van der Waals surface area contributed by atoms with Crippen molar-refractivity contribution in [1.82, 2.24) is 15.5 Å². The molecule has 2 amide bonds. The summed E-state index contributed by atoms with van der Waals surface area (Å²) in [5, 5.41) is 5.75. The standard InChI is InChI=1S/C12H25N3O3/c1-12(2,3)14-10(16)9-15(4)11(17)8-13-6-7-18-5/h13H,6-9H2,1-5H3,(H,14,16). The fraction of sp³-hybridized carbons (Fsp3) is 0.833. The highest BCUT2D eigenvalue weighted by molar-refractivity contribution is 5.85. The number of carbonyl (C=O) groups is 2. The first-order valence-electron chi connectivity index (χ1n) is 6.01. The van der Waals surface area contributed by atoms with E-state index < -0.39 is 0 Å². The lowest BCUT2D eigenvalue weighted by Gasteiger charge is -2.23. The largest absolute Gasteiger partial charge is 0.383 e. The van der Waals surface area contributed by atoms with E-state index in [0.29, 0.717) is 13.2 Å².